The topological polar surface area (TPSA) is 57.0 Å². The first-order valence-electron chi connectivity index (χ1n) is 7.67. The predicted octanol–water partition coefficient (Wildman–Crippen LogP) is 3.61. The second-order valence-corrected chi connectivity index (χ2v) is 6.37. The fourth-order valence-electron chi connectivity index (χ4n) is 2.38. The molecule has 0 N–H and O–H groups in total. The van der Waals surface area contributed by atoms with E-state index in [1.54, 1.807) is 31.6 Å². The minimum absolute atomic E-state index is 0.127. The quantitative estimate of drug-likeness (QED) is 0.631. The van der Waals surface area contributed by atoms with E-state index >= 15 is 0 Å². The molecule has 0 radical (unpaired) electrons. The predicted molar refractivity (Wildman–Crippen MR) is 95.0 cm³/mol. The summed E-state index contributed by atoms with van der Waals surface area (Å²) in [6.45, 7) is 1.90. The summed E-state index contributed by atoms with van der Waals surface area (Å²) in [5, 5.41) is 0. The van der Waals surface area contributed by atoms with Crippen molar-refractivity contribution in [2.45, 2.75) is 20.1 Å². The first kappa shape index (κ1) is 18.2. The van der Waals surface area contributed by atoms with Crippen LogP contribution in [0.3, 0.4) is 0 Å². The van der Waals surface area contributed by atoms with Crippen LogP contribution in [-0.2, 0) is 13.2 Å². The van der Waals surface area contributed by atoms with Crippen LogP contribution >= 0.6 is 15.9 Å². The molecule has 0 unspecified atom stereocenters. The lowest BCUT2D eigenvalue weighted by Crippen LogP contribution is -2.24. The third-order valence-electron chi connectivity index (χ3n) is 3.75. The molecule has 0 aliphatic carbocycles. The summed E-state index contributed by atoms with van der Waals surface area (Å²) in [6, 6.07) is 4.92. The summed E-state index contributed by atoms with van der Waals surface area (Å²) < 4.78 is 34.0. The highest BCUT2D eigenvalue weighted by Crippen LogP contribution is 2.24. The van der Waals surface area contributed by atoms with Crippen molar-refractivity contribution in [1.82, 2.24) is 14.5 Å². The number of pyridine rings is 1. The van der Waals surface area contributed by atoms with Gasteiger partial charge in [0.2, 0.25) is 0 Å². The molecule has 0 amide bonds. The number of hydrogen-bond acceptors (Lipinski definition) is 4. The van der Waals surface area contributed by atoms with E-state index in [-0.39, 0.29) is 34.5 Å². The molecule has 2 aromatic heterocycles. The maximum Gasteiger partial charge on any atom is 0.269 e. The highest BCUT2D eigenvalue weighted by atomic mass is 79.9. The van der Waals surface area contributed by atoms with Crippen molar-refractivity contribution in [2.75, 3.05) is 0 Å². The van der Waals surface area contributed by atoms with Gasteiger partial charge >= 0.3 is 0 Å². The van der Waals surface area contributed by atoms with Crippen molar-refractivity contribution in [3.05, 3.63) is 86.3 Å². The molecule has 1 aromatic carbocycles. The van der Waals surface area contributed by atoms with Gasteiger partial charge in [0.15, 0.2) is 0 Å². The van der Waals surface area contributed by atoms with Crippen molar-refractivity contribution in [2.24, 2.45) is 0 Å². The smallest absolute Gasteiger partial charge is 0.269 e. The fraction of sp³-hybridized carbons (Fsp3) is 0.167. The largest absolute Gasteiger partial charge is 0.487 e. The number of aromatic nitrogens is 3. The van der Waals surface area contributed by atoms with Gasteiger partial charge in [-0.2, -0.15) is 0 Å². The third kappa shape index (κ3) is 3.96. The second-order valence-electron chi connectivity index (χ2n) is 5.58. The summed E-state index contributed by atoms with van der Waals surface area (Å²) in [4.78, 5) is 20.7. The number of halogens is 3. The van der Waals surface area contributed by atoms with Crippen LogP contribution in [0.1, 0.15) is 17.0 Å². The van der Waals surface area contributed by atoms with Crippen LogP contribution in [0.25, 0.3) is 0 Å². The summed E-state index contributed by atoms with van der Waals surface area (Å²) in [7, 11) is 0. The van der Waals surface area contributed by atoms with E-state index in [0.29, 0.717) is 11.4 Å². The van der Waals surface area contributed by atoms with Gasteiger partial charge in [0.05, 0.1) is 18.4 Å². The summed E-state index contributed by atoms with van der Waals surface area (Å²) in [5.74, 6) is -1.07. The van der Waals surface area contributed by atoms with Gasteiger partial charge in [-0.3, -0.25) is 14.8 Å². The van der Waals surface area contributed by atoms with Crippen molar-refractivity contribution in [1.29, 1.82) is 0 Å². The normalized spacial score (nSPS) is 10.8. The molecule has 0 saturated heterocycles. The highest BCUT2D eigenvalue weighted by Gasteiger charge is 2.14. The lowest BCUT2D eigenvalue weighted by atomic mass is 10.2. The molecule has 134 valence electrons. The molecule has 0 aliphatic heterocycles. The first-order chi connectivity index (χ1) is 12.5. The molecular formula is C18H14BrF2N3O2. The SMILES string of the molecule is Cc1cc(OCc2ccc(F)cc2F)c(Br)c(=O)n1Cc1cnccn1. The number of aryl methyl sites for hydroxylation is 1. The lowest BCUT2D eigenvalue weighted by molar-refractivity contribution is 0.295. The number of rotatable bonds is 5. The minimum atomic E-state index is -0.700. The Kier molecular flexibility index (Phi) is 5.41. The average Bonchev–Trinajstić information content (AvgIpc) is 2.63. The van der Waals surface area contributed by atoms with E-state index < -0.39 is 11.6 Å². The fourth-order valence-corrected chi connectivity index (χ4v) is 2.83. The lowest BCUT2D eigenvalue weighted by Gasteiger charge is -2.14. The zero-order chi connectivity index (χ0) is 18.7. The van der Waals surface area contributed by atoms with E-state index in [9.17, 15) is 13.6 Å². The Morgan fingerprint density at radius 2 is 2.04 bits per heavy atom. The molecule has 2 heterocycles. The molecule has 0 bridgehead atoms. The molecule has 0 saturated carbocycles. The van der Waals surface area contributed by atoms with Crippen molar-refractivity contribution >= 4 is 15.9 Å². The van der Waals surface area contributed by atoms with E-state index in [2.05, 4.69) is 25.9 Å². The highest BCUT2D eigenvalue weighted by molar-refractivity contribution is 9.10. The van der Waals surface area contributed by atoms with Gasteiger partial charge in [-0.05, 0) is 35.0 Å². The van der Waals surface area contributed by atoms with Crippen LogP contribution in [0.5, 0.6) is 5.75 Å². The maximum atomic E-state index is 13.7. The molecule has 8 heteroatoms. The zero-order valence-corrected chi connectivity index (χ0v) is 15.3. The Balaban J connectivity index is 1.84. The molecule has 0 fully saturated rings. The average molecular weight is 422 g/mol. The van der Waals surface area contributed by atoms with Gasteiger partial charge in [-0.15, -0.1) is 0 Å². The minimum Gasteiger partial charge on any atom is -0.487 e. The number of benzene rings is 1. The van der Waals surface area contributed by atoms with Crippen molar-refractivity contribution in [3.63, 3.8) is 0 Å². The Labute approximate surface area is 156 Å². The molecule has 26 heavy (non-hydrogen) atoms. The van der Waals surface area contributed by atoms with Gasteiger partial charge in [-0.25, -0.2) is 8.78 Å². The van der Waals surface area contributed by atoms with E-state index in [1.165, 1.54) is 10.6 Å². The molecule has 5 nitrogen and oxygen atoms in total. The van der Waals surface area contributed by atoms with Crippen LogP contribution < -0.4 is 10.3 Å². The summed E-state index contributed by atoms with van der Waals surface area (Å²) >= 11 is 3.23. The van der Waals surface area contributed by atoms with E-state index in [4.69, 9.17) is 4.74 Å². The molecule has 0 spiro atoms. The van der Waals surface area contributed by atoms with Gasteiger partial charge in [-0.1, -0.05) is 0 Å². The first-order valence-corrected chi connectivity index (χ1v) is 8.46. The van der Waals surface area contributed by atoms with E-state index in [1.807, 2.05) is 0 Å². The maximum absolute atomic E-state index is 13.7. The monoisotopic (exact) mass is 421 g/mol. The molecule has 0 aliphatic rings. The molecule has 3 aromatic rings. The number of ether oxygens (including phenoxy) is 1. The van der Waals surface area contributed by atoms with Crippen LogP contribution in [0.15, 0.2) is 52.1 Å². The van der Waals surface area contributed by atoms with Gasteiger partial charge in [0.1, 0.15) is 28.5 Å². The number of nitrogens with zero attached hydrogens (tertiary/aromatic N) is 3. The Bertz CT molecular complexity index is 994. The second kappa shape index (κ2) is 7.74. The Morgan fingerprint density at radius 3 is 2.73 bits per heavy atom. The van der Waals surface area contributed by atoms with Crippen molar-refractivity contribution < 1.29 is 13.5 Å². The Morgan fingerprint density at radius 1 is 1.23 bits per heavy atom. The summed E-state index contributed by atoms with van der Waals surface area (Å²) in [5.41, 5.74) is 1.19. The standard InChI is InChI=1S/C18H14BrF2N3O2/c1-11-6-16(26-10-12-2-3-13(20)7-15(12)21)17(19)18(25)24(11)9-14-8-22-4-5-23-14/h2-8H,9-10H2,1H3. The summed E-state index contributed by atoms with van der Waals surface area (Å²) in [6.07, 6.45) is 4.70. The molecular weight excluding hydrogens is 408 g/mol. The van der Waals surface area contributed by atoms with Crippen LogP contribution in [0.2, 0.25) is 0 Å². The van der Waals surface area contributed by atoms with Gasteiger partial charge < -0.3 is 9.30 Å². The molecule has 3 rings (SSSR count). The number of hydrogen-bond donors (Lipinski definition) is 0. The Hall–Kier alpha value is -2.61. The van der Waals surface area contributed by atoms with Gasteiger partial charge in [0, 0.05) is 35.8 Å². The van der Waals surface area contributed by atoms with Crippen LogP contribution in [-0.4, -0.2) is 14.5 Å². The molecule has 0 atom stereocenters. The van der Waals surface area contributed by atoms with Gasteiger partial charge in [0.25, 0.3) is 5.56 Å². The van der Waals surface area contributed by atoms with Crippen LogP contribution in [0.4, 0.5) is 8.78 Å². The van der Waals surface area contributed by atoms with E-state index in [0.717, 1.165) is 12.1 Å². The van der Waals surface area contributed by atoms with Crippen LogP contribution in [0, 0.1) is 18.6 Å². The zero-order valence-electron chi connectivity index (χ0n) is 13.7. The van der Waals surface area contributed by atoms with Crippen molar-refractivity contribution in [3.8, 4) is 5.75 Å². The third-order valence-corrected chi connectivity index (χ3v) is 4.48.